The second kappa shape index (κ2) is 5.61. The Morgan fingerprint density at radius 1 is 1.48 bits per heavy atom. The third kappa shape index (κ3) is 2.49. The average Bonchev–Trinajstić information content (AvgIpc) is 3.11. The van der Waals surface area contributed by atoms with Gasteiger partial charge in [0.15, 0.2) is 5.69 Å². The molecule has 1 amide bonds. The zero-order valence-electron chi connectivity index (χ0n) is 12.3. The summed E-state index contributed by atoms with van der Waals surface area (Å²) in [6, 6.07) is 5.73. The molecule has 23 heavy (non-hydrogen) atoms. The maximum absolute atomic E-state index is 12.9. The minimum Gasteiger partial charge on any atom is -0.329 e. The molecule has 4 nitrogen and oxygen atoms in total. The van der Waals surface area contributed by atoms with E-state index in [1.165, 1.54) is 10.4 Å². The van der Waals surface area contributed by atoms with Gasteiger partial charge in [0.05, 0.1) is 16.6 Å². The summed E-state index contributed by atoms with van der Waals surface area (Å²) in [7, 11) is 0. The van der Waals surface area contributed by atoms with E-state index in [0.29, 0.717) is 12.2 Å². The van der Waals surface area contributed by atoms with Gasteiger partial charge in [0.25, 0.3) is 5.91 Å². The summed E-state index contributed by atoms with van der Waals surface area (Å²) >= 11 is 11.3. The van der Waals surface area contributed by atoms with Crippen LogP contribution in [0.3, 0.4) is 0 Å². The number of carbonyl (C=O) groups excluding carboxylic acids is 1. The molecule has 0 saturated carbocycles. The lowest BCUT2D eigenvalue weighted by Gasteiger charge is -2.33. The standard InChI is InChI=1S/C16H13BrClN3OS/c1-9-15-12(13(18)8-23-15)4-5-20(9)16(22)14-6-11-3-2-10(17)7-21(11)19-14/h2-3,6-9H,4-5H2,1H3. The highest BCUT2D eigenvalue weighted by Crippen LogP contribution is 2.38. The number of rotatable bonds is 1. The molecule has 4 heterocycles. The molecule has 1 atom stereocenters. The molecule has 0 N–H and O–H groups in total. The van der Waals surface area contributed by atoms with Crippen LogP contribution < -0.4 is 0 Å². The lowest BCUT2D eigenvalue weighted by molar-refractivity contribution is 0.0675. The van der Waals surface area contributed by atoms with Gasteiger partial charge in [0, 0.05) is 27.5 Å². The van der Waals surface area contributed by atoms with Crippen molar-refractivity contribution < 1.29 is 4.79 Å². The van der Waals surface area contributed by atoms with Crippen LogP contribution in [0.4, 0.5) is 0 Å². The van der Waals surface area contributed by atoms with Crippen LogP contribution in [0.25, 0.3) is 5.52 Å². The molecule has 118 valence electrons. The lowest BCUT2D eigenvalue weighted by atomic mass is 10.0. The molecule has 3 aromatic rings. The highest BCUT2D eigenvalue weighted by molar-refractivity contribution is 9.10. The number of amides is 1. The van der Waals surface area contributed by atoms with Crippen molar-refractivity contribution in [2.75, 3.05) is 6.54 Å². The number of carbonyl (C=O) groups is 1. The molecule has 0 aliphatic carbocycles. The van der Waals surface area contributed by atoms with Gasteiger partial charge in [-0.05, 0) is 53.0 Å². The van der Waals surface area contributed by atoms with Crippen LogP contribution >= 0.6 is 38.9 Å². The first-order valence-electron chi connectivity index (χ1n) is 7.26. The molecule has 0 bridgehead atoms. The second-order valence-electron chi connectivity index (χ2n) is 5.60. The quantitative estimate of drug-likeness (QED) is 0.589. The Hall–Kier alpha value is -1.37. The smallest absolute Gasteiger partial charge is 0.274 e. The summed E-state index contributed by atoms with van der Waals surface area (Å²) < 4.78 is 2.65. The van der Waals surface area contributed by atoms with Crippen molar-refractivity contribution in [3.05, 3.63) is 55.4 Å². The molecule has 4 rings (SSSR count). The van der Waals surface area contributed by atoms with E-state index in [1.54, 1.807) is 15.9 Å². The Bertz CT molecular complexity index is 919. The summed E-state index contributed by atoms with van der Waals surface area (Å²) in [6.07, 6.45) is 2.65. The Morgan fingerprint density at radius 3 is 3.13 bits per heavy atom. The molecule has 3 aromatic heterocycles. The minimum atomic E-state index is -0.0347. The van der Waals surface area contributed by atoms with Crippen molar-refractivity contribution in [2.24, 2.45) is 0 Å². The molecule has 0 aromatic carbocycles. The van der Waals surface area contributed by atoms with Gasteiger partial charge in [-0.3, -0.25) is 4.79 Å². The number of fused-ring (bicyclic) bond motifs is 2. The zero-order valence-corrected chi connectivity index (χ0v) is 15.5. The van der Waals surface area contributed by atoms with Crippen LogP contribution in [0.1, 0.15) is 33.9 Å². The Kier molecular flexibility index (Phi) is 3.70. The molecule has 0 radical (unpaired) electrons. The third-order valence-electron chi connectivity index (χ3n) is 4.23. The van der Waals surface area contributed by atoms with E-state index in [1.807, 2.05) is 34.7 Å². The van der Waals surface area contributed by atoms with Gasteiger partial charge in [0.1, 0.15) is 0 Å². The van der Waals surface area contributed by atoms with Gasteiger partial charge >= 0.3 is 0 Å². The van der Waals surface area contributed by atoms with E-state index >= 15 is 0 Å². The van der Waals surface area contributed by atoms with Gasteiger partial charge in [-0.2, -0.15) is 5.10 Å². The molecule has 1 unspecified atom stereocenters. The zero-order chi connectivity index (χ0) is 16.1. The van der Waals surface area contributed by atoms with Crippen LogP contribution in [0, 0.1) is 0 Å². The van der Waals surface area contributed by atoms with Crippen molar-refractivity contribution in [3.63, 3.8) is 0 Å². The topological polar surface area (TPSA) is 37.6 Å². The van der Waals surface area contributed by atoms with E-state index in [4.69, 9.17) is 11.6 Å². The lowest BCUT2D eigenvalue weighted by Crippen LogP contribution is -2.38. The van der Waals surface area contributed by atoms with Crippen LogP contribution in [-0.4, -0.2) is 27.0 Å². The van der Waals surface area contributed by atoms with Crippen LogP contribution in [0.2, 0.25) is 5.02 Å². The number of aromatic nitrogens is 2. The molecule has 0 spiro atoms. The Balaban J connectivity index is 1.68. The van der Waals surface area contributed by atoms with Gasteiger partial charge in [0.2, 0.25) is 0 Å². The monoisotopic (exact) mass is 409 g/mol. The first-order valence-corrected chi connectivity index (χ1v) is 9.31. The Morgan fingerprint density at radius 2 is 2.30 bits per heavy atom. The van der Waals surface area contributed by atoms with Crippen molar-refractivity contribution in [1.29, 1.82) is 0 Å². The third-order valence-corrected chi connectivity index (χ3v) is 6.36. The molecule has 0 fully saturated rings. The van der Waals surface area contributed by atoms with Crippen molar-refractivity contribution in [3.8, 4) is 0 Å². The van der Waals surface area contributed by atoms with E-state index in [-0.39, 0.29) is 11.9 Å². The summed E-state index contributed by atoms with van der Waals surface area (Å²) in [5.41, 5.74) is 2.56. The number of hydrogen-bond donors (Lipinski definition) is 0. The normalized spacial score (nSPS) is 17.5. The first kappa shape index (κ1) is 15.2. The van der Waals surface area contributed by atoms with E-state index in [2.05, 4.69) is 28.0 Å². The summed E-state index contributed by atoms with van der Waals surface area (Å²) in [5, 5.41) is 7.20. The van der Waals surface area contributed by atoms with Gasteiger partial charge in [-0.1, -0.05) is 11.6 Å². The highest BCUT2D eigenvalue weighted by Gasteiger charge is 2.31. The number of hydrogen-bond acceptors (Lipinski definition) is 3. The van der Waals surface area contributed by atoms with Crippen LogP contribution in [-0.2, 0) is 6.42 Å². The molecular formula is C16H13BrClN3OS. The number of nitrogens with zero attached hydrogens (tertiary/aromatic N) is 3. The molecule has 1 aliphatic heterocycles. The van der Waals surface area contributed by atoms with Gasteiger partial charge in [-0.15, -0.1) is 11.3 Å². The maximum atomic E-state index is 12.9. The predicted octanol–water partition coefficient (Wildman–Crippen LogP) is 4.57. The minimum absolute atomic E-state index is 0.0281. The maximum Gasteiger partial charge on any atom is 0.274 e. The number of halogens is 2. The predicted molar refractivity (Wildman–Crippen MR) is 95.4 cm³/mol. The largest absolute Gasteiger partial charge is 0.329 e. The van der Waals surface area contributed by atoms with Crippen LogP contribution in [0.5, 0.6) is 0 Å². The van der Waals surface area contributed by atoms with Gasteiger partial charge in [-0.25, -0.2) is 4.52 Å². The Labute approximate surface area is 150 Å². The summed E-state index contributed by atoms with van der Waals surface area (Å²) in [5.74, 6) is -0.0347. The molecule has 0 saturated heterocycles. The van der Waals surface area contributed by atoms with Crippen LogP contribution in [0.15, 0.2) is 34.2 Å². The van der Waals surface area contributed by atoms with E-state index in [0.717, 1.165) is 21.4 Å². The van der Waals surface area contributed by atoms with Gasteiger partial charge < -0.3 is 4.90 Å². The molecule has 1 aliphatic rings. The first-order chi connectivity index (χ1) is 11.0. The fraction of sp³-hybridized carbons (Fsp3) is 0.250. The molecule has 7 heteroatoms. The second-order valence-corrected chi connectivity index (χ2v) is 7.83. The van der Waals surface area contributed by atoms with Crippen molar-refractivity contribution >= 4 is 50.3 Å². The van der Waals surface area contributed by atoms with E-state index < -0.39 is 0 Å². The summed E-state index contributed by atoms with van der Waals surface area (Å²) in [4.78, 5) is 16.0. The van der Waals surface area contributed by atoms with E-state index in [9.17, 15) is 4.79 Å². The van der Waals surface area contributed by atoms with Crippen molar-refractivity contribution in [2.45, 2.75) is 19.4 Å². The van der Waals surface area contributed by atoms with Crippen molar-refractivity contribution in [1.82, 2.24) is 14.5 Å². The highest BCUT2D eigenvalue weighted by atomic mass is 79.9. The fourth-order valence-electron chi connectivity index (χ4n) is 3.03. The fourth-order valence-corrected chi connectivity index (χ4v) is 4.79. The SMILES string of the molecule is CC1c2scc(Cl)c2CCN1C(=O)c1cc2ccc(Br)cn2n1. The molecular weight excluding hydrogens is 398 g/mol. The number of pyridine rings is 1. The summed E-state index contributed by atoms with van der Waals surface area (Å²) in [6.45, 7) is 2.72. The average molecular weight is 411 g/mol. The number of thiophene rings is 1.